The largest absolute Gasteiger partial charge is 0.330 e. The van der Waals surface area contributed by atoms with E-state index >= 15 is 0 Å². The Labute approximate surface area is 189 Å². The molecule has 166 valence electrons. The number of aromatic amines is 1. The minimum atomic E-state index is -0.667. The molecule has 2 aromatic carbocycles. The number of hydrogen-bond acceptors (Lipinski definition) is 5. The Bertz CT molecular complexity index is 1300. The fourth-order valence-corrected chi connectivity index (χ4v) is 4.30. The quantitative estimate of drug-likeness (QED) is 0.477. The van der Waals surface area contributed by atoms with Crippen LogP contribution in [0.1, 0.15) is 47.6 Å². The number of aromatic nitrogens is 2. The number of amides is 3. The Morgan fingerprint density at radius 3 is 2.52 bits per heavy atom. The molecule has 1 saturated heterocycles. The highest BCUT2D eigenvalue weighted by molar-refractivity contribution is 6.03. The molecule has 2 N–H and O–H groups in total. The third-order valence-corrected chi connectivity index (χ3v) is 5.92. The minimum absolute atomic E-state index is 0.187. The number of para-hydroxylation sites is 1. The van der Waals surface area contributed by atoms with E-state index in [0.717, 1.165) is 12.0 Å². The van der Waals surface area contributed by atoms with Crippen molar-refractivity contribution in [1.29, 1.82) is 0 Å². The van der Waals surface area contributed by atoms with Crippen LogP contribution in [0.3, 0.4) is 0 Å². The van der Waals surface area contributed by atoms with Crippen LogP contribution < -0.4 is 15.9 Å². The highest BCUT2D eigenvalue weighted by Gasteiger charge is 2.44. The van der Waals surface area contributed by atoms with Gasteiger partial charge in [-0.05, 0) is 37.5 Å². The van der Waals surface area contributed by atoms with Gasteiger partial charge >= 0.3 is 11.9 Å². The predicted octanol–water partition coefficient (Wildman–Crippen LogP) is 3.33. The summed E-state index contributed by atoms with van der Waals surface area (Å²) in [7, 11) is 0. The van der Waals surface area contributed by atoms with Crippen LogP contribution in [0, 0.1) is 0 Å². The molecule has 0 bridgehead atoms. The van der Waals surface area contributed by atoms with Gasteiger partial charge in [-0.15, -0.1) is 0 Å². The molecule has 1 unspecified atom stereocenters. The van der Waals surface area contributed by atoms with E-state index in [2.05, 4.69) is 20.5 Å². The first kappa shape index (κ1) is 20.6. The van der Waals surface area contributed by atoms with Crippen molar-refractivity contribution >= 4 is 29.2 Å². The average molecular weight is 442 g/mol. The first-order valence-corrected chi connectivity index (χ1v) is 10.7. The van der Waals surface area contributed by atoms with Crippen molar-refractivity contribution in [3.05, 3.63) is 88.0 Å². The molecule has 2 aliphatic rings. The van der Waals surface area contributed by atoms with Crippen LogP contribution in [0.5, 0.6) is 0 Å². The van der Waals surface area contributed by atoms with Crippen molar-refractivity contribution in [2.75, 3.05) is 11.4 Å². The molecule has 3 aromatic rings. The number of urea groups is 1. The number of anilines is 2. The van der Waals surface area contributed by atoms with E-state index in [1.807, 2.05) is 36.4 Å². The number of hydrazone groups is 1. The van der Waals surface area contributed by atoms with Crippen LogP contribution in [0.4, 0.5) is 16.3 Å². The van der Waals surface area contributed by atoms with E-state index in [1.165, 1.54) is 4.90 Å². The topological polar surface area (TPSA) is 111 Å². The SMILES string of the molecule is C/C(=N\NC(=O)c1nc2c(c(=O)[nH]1)C1CCCN1C(=O)N2c1ccccc1)c1ccccc1. The van der Waals surface area contributed by atoms with Crippen molar-refractivity contribution < 1.29 is 9.59 Å². The summed E-state index contributed by atoms with van der Waals surface area (Å²) < 4.78 is 0. The third kappa shape index (κ3) is 3.67. The Morgan fingerprint density at radius 2 is 1.79 bits per heavy atom. The molecule has 33 heavy (non-hydrogen) atoms. The summed E-state index contributed by atoms with van der Waals surface area (Å²) in [5.74, 6) is -0.685. The maximum Gasteiger partial charge on any atom is 0.330 e. The molecule has 1 fully saturated rings. The second-order valence-electron chi connectivity index (χ2n) is 7.96. The van der Waals surface area contributed by atoms with E-state index in [9.17, 15) is 14.4 Å². The van der Waals surface area contributed by atoms with Gasteiger partial charge in [0, 0.05) is 6.54 Å². The lowest BCUT2D eigenvalue weighted by Crippen LogP contribution is -2.48. The van der Waals surface area contributed by atoms with Gasteiger partial charge in [0.1, 0.15) is 0 Å². The number of fused-ring (bicyclic) bond motifs is 3. The van der Waals surface area contributed by atoms with E-state index < -0.39 is 11.5 Å². The zero-order chi connectivity index (χ0) is 22.9. The molecule has 5 rings (SSSR count). The maximum atomic E-state index is 13.3. The molecule has 9 nitrogen and oxygen atoms in total. The zero-order valence-corrected chi connectivity index (χ0v) is 18.0. The summed E-state index contributed by atoms with van der Waals surface area (Å²) in [6, 6.07) is 17.8. The van der Waals surface area contributed by atoms with Gasteiger partial charge in [-0.2, -0.15) is 5.10 Å². The monoisotopic (exact) mass is 442 g/mol. The van der Waals surface area contributed by atoms with Gasteiger partial charge in [-0.1, -0.05) is 48.5 Å². The number of benzene rings is 2. The van der Waals surface area contributed by atoms with Gasteiger partial charge in [0.25, 0.3) is 5.56 Å². The molecular formula is C24H22N6O3. The standard InChI is InChI=1S/C24H22N6O3/c1-15(16-9-4-2-5-10-16)27-28-23(32)20-25-21-19(22(31)26-20)18-13-8-14-29(18)24(33)30(21)17-11-6-3-7-12-17/h2-7,9-12,18H,8,13-14H2,1H3,(H,28,32)(H,25,26,31)/b27-15+. The summed E-state index contributed by atoms with van der Waals surface area (Å²) in [6.45, 7) is 2.34. The van der Waals surface area contributed by atoms with Gasteiger partial charge in [0.15, 0.2) is 5.82 Å². The van der Waals surface area contributed by atoms with Gasteiger partial charge in [0.05, 0.1) is 23.0 Å². The Kier molecular flexibility index (Phi) is 5.21. The summed E-state index contributed by atoms with van der Waals surface area (Å²) in [5.41, 5.74) is 4.45. The Hall–Kier alpha value is -4.27. The van der Waals surface area contributed by atoms with Crippen LogP contribution in [0.2, 0.25) is 0 Å². The first-order chi connectivity index (χ1) is 16.0. The molecule has 1 aromatic heterocycles. The number of nitrogens with zero attached hydrogens (tertiary/aromatic N) is 4. The molecular weight excluding hydrogens is 420 g/mol. The van der Waals surface area contributed by atoms with Crippen LogP contribution in [0.15, 0.2) is 70.6 Å². The highest BCUT2D eigenvalue weighted by Crippen LogP contribution is 2.42. The van der Waals surface area contributed by atoms with Crippen LogP contribution in [-0.4, -0.2) is 39.1 Å². The van der Waals surface area contributed by atoms with Crippen LogP contribution in [-0.2, 0) is 0 Å². The molecule has 9 heteroatoms. The molecule has 3 heterocycles. The number of rotatable bonds is 4. The second-order valence-corrected chi connectivity index (χ2v) is 7.96. The molecule has 0 saturated carbocycles. The van der Waals surface area contributed by atoms with Gasteiger partial charge in [-0.3, -0.25) is 9.59 Å². The van der Waals surface area contributed by atoms with Gasteiger partial charge in [-0.25, -0.2) is 20.1 Å². The van der Waals surface area contributed by atoms with E-state index in [-0.39, 0.29) is 23.7 Å². The predicted molar refractivity (Wildman–Crippen MR) is 124 cm³/mol. The number of hydrogen-bond donors (Lipinski definition) is 2. The Balaban J connectivity index is 1.54. The van der Waals surface area contributed by atoms with Gasteiger partial charge < -0.3 is 9.88 Å². The normalized spacial score (nSPS) is 17.5. The van der Waals surface area contributed by atoms with E-state index in [4.69, 9.17) is 0 Å². The highest BCUT2D eigenvalue weighted by atomic mass is 16.2. The number of H-pyrrole nitrogens is 1. The average Bonchev–Trinajstić information content (AvgIpc) is 3.33. The van der Waals surface area contributed by atoms with E-state index in [1.54, 1.807) is 36.1 Å². The third-order valence-electron chi connectivity index (χ3n) is 5.92. The molecule has 3 amide bonds. The minimum Gasteiger partial charge on any atom is -0.317 e. The first-order valence-electron chi connectivity index (χ1n) is 10.7. The summed E-state index contributed by atoms with van der Waals surface area (Å²) in [6.07, 6.45) is 1.48. The fourth-order valence-electron chi connectivity index (χ4n) is 4.30. The smallest absolute Gasteiger partial charge is 0.317 e. The van der Waals surface area contributed by atoms with E-state index in [0.29, 0.717) is 29.9 Å². The molecule has 2 aliphatic heterocycles. The lowest BCUT2D eigenvalue weighted by atomic mass is 10.0. The second kappa shape index (κ2) is 8.34. The molecule has 0 aliphatic carbocycles. The number of nitrogens with one attached hydrogen (secondary N) is 2. The van der Waals surface area contributed by atoms with Crippen LogP contribution in [0.25, 0.3) is 0 Å². The van der Waals surface area contributed by atoms with Crippen molar-refractivity contribution in [2.45, 2.75) is 25.8 Å². The maximum absolute atomic E-state index is 13.3. The van der Waals surface area contributed by atoms with Gasteiger partial charge in [0.2, 0.25) is 5.82 Å². The Morgan fingerprint density at radius 1 is 1.09 bits per heavy atom. The summed E-state index contributed by atoms with van der Waals surface area (Å²) >= 11 is 0. The number of carbonyl (C=O) groups is 2. The fraction of sp³-hybridized carbons (Fsp3) is 0.208. The van der Waals surface area contributed by atoms with Crippen molar-refractivity contribution in [3.8, 4) is 0 Å². The van der Waals surface area contributed by atoms with Crippen molar-refractivity contribution in [3.63, 3.8) is 0 Å². The lowest BCUT2D eigenvalue weighted by Gasteiger charge is -2.37. The summed E-state index contributed by atoms with van der Waals surface area (Å²) in [5, 5.41) is 4.12. The zero-order valence-electron chi connectivity index (χ0n) is 18.0. The molecule has 0 spiro atoms. The van der Waals surface area contributed by atoms with Crippen LogP contribution >= 0.6 is 0 Å². The number of carbonyl (C=O) groups excluding carboxylic acids is 2. The van der Waals surface area contributed by atoms with Crippen molar-refractivity contribution in [1.82, 2.24) is 20.3 Å². The van der Waals surface area contributed by atoms with Crippen molar-refractivity contribution in [2.24, 2.45) is 5.10 Å². The lowest BCUT2D eigenvalue weighted by molar-refractivity contribution is 0.0943. The molecule has 0 radical (unpaired) electrons. The molecule has 1 atom stereocenters. The summed E-state index contributed by atoms with van der Waals surface area (Å²) in [4.78, 5) is 49.3.